The van der Waals surface area contributed by atoms with E-state index in [-0.39, 0.29) is 6.54 Å². The van der Waals surface area contributed by atoms with Gasteiger partial charge in [-0.25, -0.2) is 0 Å². The molecule has 0 N–H and O–H groups in total. The van der Waals surface area contributed by atoms with Crippen LogP contribution < -0.4 is 4.74 Å². The molecule has 4 nitrogen and oxygen atoms in total. The van der Waals surface area contributed by atoms with Crippen LogP contribution in [0.2, 0.25) is 0 Å². The second-order valence-electron chi connectivity index (χ2n) is 1.96. The van der Waals surface area contributed by atoms with E-state index in [9.17, 15) is 0 Å². The topological polar surface area (TPSA) is 50.8 Å². The minimum Gasteiger partial charge on any atom is -0.491 e. The third kappa shape index (κ3) is 1.97. The van der Waals surface area contributed by atoms with Gasteiger partial charge in [0.1, 0.15) is 6.54 Å². The molecule has 1 aromatic rings. The van der Waals surface area contributed by atoms with E-state index in [4.69, 9.17) is 10.00 Å². The lowest BCUT2D eigenvalue weighted by atomic mass is 10.6. The lowest BCUT2D eigenvalue weighted by molar-refractivity contribution is 0.340. The number of hydrogen-bond acceptors (Lipinski definition) is 3. The Bertz CT molecular complexity index is 261. The first kappa shape index (κ1) is 7.61. The number of ether oxygens (including phenoxy) is 1. The first-order valence-electron chi connectivity index (χ1n) is 3.39. The van der Waals surface area contributed by atoms with Gasteiger partial charge in [-0.1, -0.05) is 0 Å². The third-order valence-electron chi connectivity index (χ3n) is 1.15. The summed E-state index contributed by atoms with van der Waals surface area (Å²) in [4.78, 5) is 0. The van der Waals surface area contributed by atoms with Crippen molar-refractivity contribution < 1.29 is 4.74 Å². The van der Waals surface area contributed by atoms with Crippen LogP contribution in [0.15, 0.2) is 12.4 Å². The van der Waals surface area contributed by atoms with Crippen LogP contribution in [0.25, 0.3) is 0 Å². The molecule has 1 heterocycles. The van der Waals surface area contributed by atoms with Crippen LogP contribution in [0, 0.1) is 11.3 Å². The van der Waals surface area contributed by atoms with Gasteiger partial charge in [-0.15, -0.1) is 0 Å². The van der Waals surface area contributed by atoms with Crippen molar-refractivity contribution in [2.75, 3.05) is 6.61 Å². The van der Waals surface area contributed by atoms with Gasteiger partial charge in [0.15, 0.2) is 5.75 Å². The second-order valence-corrected chi connectivity index (χ2v) is 1.96. The van der Waals surface area contributed by atoms with Crippen LogP contribution in [-0.2, 0) is 6.54 Å². The van der Waals surface area contributed by atoms with Crippen LogP contribution in [0.5, 0.6) is 5.75 Å². The maximum Gasteiger partial charge on any atom is 0.157 e. The zero-order chi connectivity index (χ0) is 8.10. The van der Waals surface area contributed by atoms with Crippen molar-refractivity contribution in [3.8, 4) is 11.8 Å². The summed E-state index contributed by atoms with van der Waals surface area (Å²) in [5, 5.41) is 12.2. The molecule has 4 heteroatoms. The van der Waals surface area contributed by atoms with E-state index in [2.05, 4.69) is 5.10 Å². The van der Waals surface area contributed by atoms with Crippen LogP contribution in [0.1, 0.15) is 6.92 Å². The number of rotatable bonds is 3. The number of nitriles is 1. The smallest absolute Gasteiger partial charge is 0.157 e. The van der Waals surface area contributed by atoms with Gasteiger partial charge in [0.05, 0.1) is 25.1 Å². The van der Waals surface area contributed by atoms with Gasteiger partial charge in [-0.05, 0) is 6.92 Å². The maximum absolute atomic E-state index is 8.31. The average molecular weight is 151 g/mol. The molecule has 0 aliphatic carbocycles. The molecular formula is C7H9N3O. The minimum atomic E-state index is 0.271. The molecule has 0 aliphatic heterocycles. The van der Waals surface area contributed by atoms with Crippen molar-refractivity contribution in [2.24, 2.45) is 0 Å². The Morgan fingerprint density at radius 2 is 2.64 bits per heavy atom. The summed E-state index contributed by atoms with van der Waals surface area (Å²) in [7, 11) is 0. The van der Waals surface area contributed by atoms with Crippen LogP contribution >= 0.6 is 0 Å². The van der Waals surface area contributed by atoms with Crippen LogP contribution in [0.3, 0.4) is 0 Å². The number of aromatic nitrogens is 2. The van der Waals surface area contributed by atoms with Gasteiger partial charge >= 0.3 is 0 Å². The van der Waals surface area contributed by atoms with E-state index in [1.807, 2.05) is 13.0 Å². The van der Waals surface area contributed by atoms with Crippen molar-refractivity contribution in [2.45, 2.75) is 13.5 Å². The Morgan fingerprint density at radius 3 is 3.27 bits per heavy atom. The highest BCUT2D eigenvalue weighted by Crippen LogP contribution is 2.06. The molecule has 58 valence electrons. The Balaban J connectivity index is 2.60. The highest BCUT2D eigenvalue weighted by atomic mass is 16.5. The Hall–Kier alpha value is -1.50. The van der Waals surface area contributed by atoms with Gasteiger partial charge in [-0.3, -0.25) is 4.68 Å². The molecule has 0 amide bonds. The van der Waals surface area contributed by atoms with E-state index in [0.29, 0.717) is 12.4 Å². The van der Waals surface area contributed by atoms with Gasteiger partial charge in [0.25, 0.3) is 0 Å². The summed E-state index contributed by atoms with van der Waals surface area (Å²) in [6, 6.07) is 1.98. The van der Waals surface area contributed by atoms with E-state index < -0.39 is 0 Å². The highest BCUT2D eigenvalue weighted by molar-refractivity contribution is 5.11. The van der Waals surface area contributed by atoms with Crippen molar-refractivity contribution in [3.05, 3.63) is 12.4 Å². The largest absolute Gasteiger partial charge is 0.491 e. The van der Waals surface area contributed by atoms with Crippen molar-refractivity contribution in [1.82, 2.24) is 9.78 Å². The highest BCUT2D eigenvalue weighted by Gasteiger charge is 1.95. The fraction of sp³-hybridized carbons (Fsp3) is 0.429. The standard InChI is InChI=1S/C7H9N3O/c1-2-11-7-5-9-10(6-7)4-3-8/h5-6H,2,4H2,1H3. The van der Waals surface area contributed by atoms with E-state index in [0.717, 1.165) is 0 Å². The van der Waals surface area contributed by atoms with E-state index >= 15 is 0 Å². The molecule has 11 heavy (non-hydrogen) atoms. The van der Waals surface area contributed by atoms with Crippen LogP contribution in [0.4, 0.5) is 0 Å². The van der Waals surface area contributed by atoms with Crippen LogP contribution in [-0.4, -0.2) is 16.4 Å². The van der Waals surface area contributed by atoms with E-state index in [1.54, 1.807) is 12.4 Å². The molecule has 0 saturated heterocycles. The Morgan fingerprint density at radius 1 is 1.82 bits per heavy atom. The fourth-order valence-corrected chi connectivity index (χ4v) is 0.745. The van der Waals surface area contributed by atoms with Crippen molar-refractivity contribution in [3.63, 3.8) is 0 Å². The minimum absolute atomic E-state index is 0.271. The SMILES string of the molecule is CCOc1cnn(CC#N)c1. The molecule has 0 saturated carbocycles. The molecule has 1 rings (SSSR count). The average Bonchev–Trinajstić information content (AvgIpc) is 2.38. The summed E-state index contributed by atoms with van der Waals surface area (Å²) in [5.74, 6) is 0.711. The monoisotopic (exact) mass is 151 g/mol. The zero-order valence-corrected chi connectivity index (χ0v) is 6.32. The van der Waals surface area contributed by atoms with Crippen molar-refractivity contribution in [1.29, 1.82) is 5.26 Å². The molecule has 0 fully saturated rings. The number of nitrogens with zero attached hydrogens (tertiary/aromatic N) is 3. The Kier molecular flexibility index (Phi) is 2.50. The normalized spacial score (nSPS) is 9.09. The molecular weight excluding hydrogens is 142 g/mol. The third-order valence-corrected chi connectivity index (χ3v) is 1.15. The first-order valence-corrected chi connectivity index (χ1v) is 3.39. The predicted molar refractivity (Wildman–Crippen MR) is 39.0 cm³/mol. The van der Waals surface area contributed by atoms with E-state index in [1.165, 1.54) is 4.68 Å². The molecule has 0 aliphatic rings. The lowest BCUT2D eigenvalue weighted by Gasteiger charge is -1.94. The molecule has 0 bridgehead atoms. The Labute approximate surface area is 65.0 Å². The van der Waals surface area contributed by atoms with Crippen molar-refractivity contribution >= 4 is 0 Å². The molecule has 1 aromatic heterocycles. The number of hydrogen-bond donors (Lipinski definition) is 0. The second kappa shape index (κ2) is 3.62. The van der Waals surface area contributed by atoms with Gasteiger partial charge in [0, 0.05) is 0 Å². The first-order chi connectivity index (χ1) is 5.36. The fourth-order valence-electron chi connectivity index (χ4n) is 0.745. The quantitative estimate of drug-likeness (QED) is 0.642. The summed E-state index contributed by atoms with van der Waals surface area (Å²) in [5.41, 5.74) is 0. The lowest BCUT2D eigenvalue weighted by Crippen LogP contribution is -1.94. The summed E-state index contributed by atoms with van der Waals surface area (Å²) < 4.78 is 6.67. The van der Waals surface area contributed by atoms with Gasteiger partial charge < -0.3 is 4.74 Å². The van der Waals surface area contributed by atoms with Gasteiger partial charge in [0.2, 0.25) is 0 Å². The maximum atomic E-state index is 8.31. The predicted octanol–water partition coefficient (Wildman–Crippen LogP) is 0.805. The molecule has 0 radical (unpaired) electrons. The summed E-state index contributed by atoms with van der Waals surface area (Å²) in [6.07, 6.45) is 3.30. The molecule has 0 unspecified atom stereocenters. The van der Waals surface area contributed by atoms with Gasteiger partial charge in [-0.2, -0.15) is 10.4 Å². The summed E-state index contributed by atoms with van der Waals surface area (Å²) >= 11 is 0. The molecule has 0 spiro atoms. The zero-order valence-electron chi connectivity index (χ0n) is 6.32. The summed E-state index contributed by atoms with van der Waals surface area (Å²) in [6.45, 7) is 2.80. The molecule has 0 aromatic carbocycles. The molecule has 0 atom stereocenters.